The maximum absolute atomic E-state index is 4.32. The lowest BCUT2D eigenvalue weighted by Crippen LogP contribution is -1.96. The van der Waals surface area contributed by atoms with E-state index in [0.717, 1.165) is 12.3 Å². The van der Waals surface area contributed by atoms with Crippen LogP contribution in [0.5, 0.6) is 0 Å². The third kappa shape index (κ3) is 1.50. The molecule has 0 radical (unpaired) electrons. The first-order chi connectivity index (χ1) is 5.68. The van der Waals surface area contributed by atoms with Gasteiger partial charge in [0.15, 0.2) is 0 Å². The summed E-state index contributed by atoms with van der Waals surface area (Å²) in [6.07, 6.45) is 4.40. The topological polar surface area (TPSA) is 12.9 Å². The molecule has 12 heavy (non-hydrogen) atoms. The lowest BCUT2D eigenvalue weighted by atomic mass is 10.1. The molecule has 1 aromatic rings. The normalized spacial score (nSPS) is 25.3. The lowest BCUT2D eigenvalue weighted by molar-refractivity contribution is 0.553. The van der Waals surface area contributed by atoms with Gasteiger partial charge in [0.2, 0.25) is 0 Å². The fourth-order valence-corrected chi connectivity index (χ4v) is 1.70. The molecule has 1 unspecified atom stereocenters. The molecule has 1 atom stereocenters. The molecule has 64 valence electrons. The van der Waals surface area contributed by atoms with Crippen molar-refractivity contribution in [2.75, 3.05) is 0 Å². The molecule has 0 saturated heterocycles. The standard InChI is InChI=1S/C11H15N/c1-11(2)8-9(11)7-10-5-3-4-6-12-10/h3-6,9H,7-8H2,1-2H3. The Balaban J connectivity index is 1.98. The van der Waals surface area contributed by atoms with E-state index in [1.54, 1.807) is 0 Å². The Labute approximate surface area is 73.8 Å². The van der Waals surface area contributed by atoms with Crippen molar-refractivity contribution in [2.45, 2.75) is 26.7 Å². The zero-order valence-electron chi connectivity index (χ0n) is 7.75. The minimum atomic E-state index is 0.581. The van der Waals surface area contributed by atoms with Crippen molar-refractivity contribution >= 4 is 0 Å². The summed E-state index contributed by atoms with van der Waals surface area (Å²) >= 11 is 0. The Morgan fingerprint density at radius 3 is 2.75 bits per heavy atom. The number of aromatic nitrogens is 1. The van der Waals surface area contributed by atoms with Crippen molar-refractivity contribution in [3.05, 3.63) is 30.1 Å². The molecule has 1 fully saturated rings. The quantitative estimate of drug-likeness (QED) is 0.649. The number of hydrogen-bond acceptors (Lipinski definition) is 1. The predicted molar refractivity (Wildman–Crippen MR) is 49.8 cm³/mol. The molecule has 0 aliphatic heterocycles. The van der Waals surface area contributed by atoms with E-state index < -0.39 is 0 Å². The summed E-state index contributed by atoms with van der Waals surface area (Å²) in [6, 6.07) is 6.16. The van der Waals surface area contributed by atoms with E-state index in [9.17, 15) is 0 Å². The zero-order valence-corrected chi connectivity index (χ0v) is 7.75. The number of nitrogens with zero attached hydrogens (tertiary/aromatic N) is 1. The predicted octanol–water partition coefficient (Wildman–Crippen LogP) is 2.67. The van der Waals surface area contributed by atoms with Gasteiger partial charge in [-0.1, -0.05) is 19.9 Å². The first-order valence-corrected chi connectivity index (χ1v) is 4.58. The minimum absolute atomic E-state index is 0.581. The summed E-state index contributed by atoms with van der Waals surface area (Å²) in [5.41, 5.74) is 1.82. The summed E-state index contributed by atoms with van der Waals surface area (Å²) < 4.78 is 0. The number of rotatable bonds is 2. The number of hydrogen-bond donors (Lipinski definition) is 0. The van der Waals surface area contributed by atoms with Crippen LogP contribution in [-0.2, 0) is 6.42 Å². The van der Waals surface area contributed by atoms with Gasteiger partial charge in [0.25, 0.3) is 0 Å². The maximum atomic E-state index is 4.32. The van der Waals surface area contributed by atoms with Gasteiger partial charge in [-0.15, -0.1) is 0 Å². The molecule has 0 N–H and O–H groups in total. The molecule has 0 spiro atoms. The van der Waals surface area contributed by atoms with Gasteiger partial charge in [0, 0.05) is 11.9 Å². The van der Waals surface area contributed by atoms with Crippen molar-refractivity contribution in [3.63, 3.8) is 0 Å². The van der Waals surface area contributed by atoms with Crippen LogP contribution >= 0.6 is 0 Å². The molecular formula is C11H15N. The molecular weight excluding hydrogens is 146 g/mol. The summed E-state index contributed by atoms with van der Waals surface area (Å²) in [5.74, 6) is 0.868. The van der Waals surface area contributed by atoms with Crippen LogP contribution in [0.15, 0.2) is 24.4 Å². The third-order valence-corrected chi connectivity index (χ3v) is 2.90. The number of pyridine rings is 1. The first kappa shape index (κ1) is 7.78. The van der Waals surface area contributed by atoms with Gasteiger partial charge in [0.05, 0.1) is 0 Å². The molecule has 1 aliphatic rings. The minimum Gasteiger partial charge on any atom is -0.261 e. The average molecular weight is 161 g/mol. The highest BCUT2D eigenvalue weighted by atomic mass is 14.7. The fourth-order valence-electron chi connectivity index (χ4n) is 1.70. The van der Waals surface area contributed by atoms with Crippen LogP contribution in [0.25, 0.3) is 0 Å². The SMILES string of the molecule is CC1(C)CC1Cc1ccccn1. The second-order valence-electron chi connectivity index (χ2n) is 4.41. The Bertz CT molecular complexity index is 264. The van der Waals surface area contributed by atoms with E-state index in [0.29, 0.717) is 5.41 Å². The highest BCUT2D eigenvalue weighted by Crippen LogP contribution is 2.52. The van der Waals surface area contributed by atoms with Crippen LogP contribution in [0, 0.1) is 11.3 Å². The largest absolute Gasteiger partial charge is 0.261 e. The van der Waals surface area contributed by atoms with Crippen LogP contribution in [0.4, 0.5) is 0 Å². The molecule has 1 aromatic heterocycles. The molecule has 0 amide bonds. The van der Waals surface area contributed by atoms with Crippen molar-refractivity contribution in [1.29, 1.82) is 0 Å². The molecule has 1 nitrogen and oxygen atoms in total. The molecule has 0 bridgehead atoms. The monoisotopic (exact) mass is 161 g/mol. The average Bonchev–Trinajstić information content (AvgIpc) is 2.61. The van der Waals surface area contributed by atoms with Gasteiger partial charge in [-0.05, 0) is 36.3 Å². The zero-order chi connectivity index (χ0) is 8.60. The van der Waals surface area contributed by atoms with Crippen LogP contribution < -0.4 is 0 Å². The second-order valence-corrected chi connectivity index (χ2v) is 4.41. The first-order valence-electron chi connectivity index (χ1n) is 4.58. The Kier molecular flexibility index (Phi) is 1.67. The highest BCUT2D eigenvalue weighted by molar-refractivity contribution is 5.09. The maximum Gasteiger partial charge on any atom is 0.0406 e. The van der Waals surface area contributed by atoms with Crippen LogP contribution in [0.1, 0.15) is 26.0 Å². The van der Waals surface area contributed by atoms with Gasteiger partial charge < -0.3 is 0 Å². The second kappa shape index (κ2) is 2.58. The summed E-state index contributed by atoms with van der Waals surface area (Å²) in [7, 11) is 0. The Morgan fingerprint density at radius 1 is 1.50 bits per heavy atom. The van der Waals surface area contributed by atoms with E-state index in [-0.39, 0.29) is 0 Å². The van der Waals surface area contributed by atoms with Crippen LogP contribution in [0.2, 0.25) is 0 Å². The van der Waals surface area contributed by atoms with Crippen molar-refractivity contribution in [1.82, 2.24) is 4.98 Å². The summed E-state index contributed by atoms with van der Waals surface area (Å²) in [4.78, 5) is 4.32. The van der Waals surface area contributed by atoms with Crippen molar-refractivity contribution in [2.24, 2.45) is 11.3 Å². The van der Waals surface area contributed by atoms with Gasteiger partial charge in [0.1, 0.15) is 0 Å². The summed E-state index contributed by atoms with van der Waals surface area (Å²) in [6.45, 7) is 4.67. The smallest absolute Gasteiger partial charge is 0.0406 e. The van der Waals surface area contributed by atoms with Gasteiger partial charge in [-0.3, -0.25) is 4.98 Å². The molecule has 2 rings (SSSR count). The van der Waals surface area contributed by atoms with E-state index >= 15 is 0 Å². The van der Waals surface area contributed by atoms with E-state index in [4.69, 9.17) is 0 Å². The lowest BCUT2D eigenvalue weighted by Gasteiger charge is -2.01. The Hall–Kier alpha value is -0.850. The summed E-state index contributed by atoms with van der Waals surface area (Å²) in [5, 5.41) is 0. The molecule has 1 heteroatoms. The van der Waals surface area contributed by atoms with Crippen LogP contribution in [0.3, 0.4) is 0 Å². The molecule has 1 saturated carbocycles. The highest BCUT2D eigenvalue weighted by Gasteiger charge is 2.45. The molecule has 1 heterocycles. The third-order valence-electron chi connectivity index (χ3n) is 2.90. The van der Waals surface area contributed by atoms with Crippen molar-refractivity contribution < 1.29 is 0 Å². The van der Waals surface area contributed by atoms with E-state index in [1.165, 1.54) is 12.1 Å². The molecule has 1 aliphatic carbocycles. The van der Waals surface area contributed by atoms with Crippen LogP contribution in [-0.4, -0.2) is 4.98 Å². The van der Waals surface area contributed by atoms with E-state index in [2.05, 4.69) is 31.0 Å². The Morgan fingerprint density at radius 2 is 2.25 bits per heavy atom. The van der Waals surface area contributed by atoms with Gasteiger partial charge >= 0.3 is 0 Å². The van der Waals surface area contributed by atoms with E-state index in [1.807, 2.05) is 12.3 Å². The van der Waals surface area contributed by atoms with Gasteiger partial charge in [-0.25, -0.2) is 0 Å². The van der Waals surface area contributed by atoms with Crippen molar-refractivity contribution in [3.8, 4) is 0 Å². The fraction of sp³-hybridized carbons (Fsp3) is 0.545. The van der Waals surface area contributed by atoms with Gasteiger partial charge in [-0.2, -0.15) is 0 Å². The molecule has 0 aromatic carbocycles.